The zero-order chi connectivity index (χ0) is 18.7. The first-order chi connectivity index (χ1) is 11.7. The minimum absolute atomic E-state index is 0.101. The Hall–Kier alpha value is -1.79. The number of ether oxygens (including phenoxy) is 2. The highest BCUT2D eigenvalue weighted by atomic mass is 16.7. The van der Waals surface area contributed by atoms with Gasteiger partial charge in [0.05, 0.1) is 5.92 Å². The van der Waals surface area contributed by atoms with E-state index in [1.165, 1.54) is 4.90 Å². The molecule has 0 aromatic carbocycles. The van der Waals surface area contributed by atoms with Crippen molar-refractivity contribution in [1.82, 2.24) is 4.90 Å². The summed E-state index contributed by atoms with van der Waals surface area (Å²) in [4.78, 5) is 37.5. The Bertz CT molecular complexity index is 518. The van der Waals surface area contributed by atoms with E-state index < -0.39 is 30.4 Å². The van der Waals surface area contributed by atoms with Crippen molar-refractivity contribution in [3.8, 4) is 0 Å². The second-order valence-corrected chi connectivity index (χ2v) is 7.70. The summed E-state index contributed by atoms with van der Waals surface area (Å²) in [6.45, 7) is 6.98. The second-order valence-electron chi connectivity index (χ2n) is 7.70. The van der Waals surface area contributed by atoms with Gasteiger partial charge in [-0.3, -0.25) is 9.69 Å². The summed E-state index contributed by atoms with van der Waals surface area (Å²) in [7, 11) is 0. The van der Waals surface area contributed by atoms with Crippen LogP contribution in [0.2, 0.25) is 0 Å². The number of carbonyl (C=O) groups is 3. The van der Waals surface area contributed by atoms with Gasteiger partial charge in [-0.25, -0.2) is 9.59 Å². The first-order valence-corrected chi connectivity index (χ1v) is 9.14. The number of esters is 1. The van der Waals surface area contributed by atoms with Gasteiger partial charge in [0, 0.05) is 12.0 Å². The van der Waals surface area contributed by atoms with Crippen molar-refractivity contribution >= 4 is 18.0 Å². The van der Waals surface area contributed by atoms with Gasteiger partial charge in [-0.1, -0.05) is 40.5 Å². The molecule has 7 heteroatoms. The number of amides is 1. The van der Waals surface area contributed by atoms with Crippen LogP contribution in [0.3, 0.4) is 0 Å². The largest absolute Gasteiger partial charge is 0.480 e. The number of carboxylic acids is 1. The molecule has 1 aliphatic heterocycles. The summed E-state index contributed by atoms with van der Waals surface area (Å²) < 4.78 is 10.7. The topological polar surface area (TPSA) is 93.1 Å². The molecule has 142 valence electrons. The molecule has 0 unspecified atom stereocenters. The number of aliphatic carboxylic acids is 1. The molecule has 2 rings (SSSR count). The lowest BCUT2D eigenvalue weighted by Crippen LogP contribution is -2.48. The van der Waals surface area contributed by atoms with E-state index in [1.807, 2.05) is 0 Å². The Kier molecular flexibility index (Phi) is 6.30. The van der Waals surface area contributed by atoms with Crippen molar-refractivity contribution in [2.45, 2.75) is 78.2 Å². The fraction of sp³-hybridized carbons (Fsp3) is 0.833. The van der Waals surface area contributed by atoms with Crippen molar-refractivity contribution in [3.63, 3.8) is 0 Å². The van der Waals surface area contributed by atoms with E-state index in [-0.39, 0.29) is 23.8 Å². The van der Waals surface area contributed by atoms with Gasteiger partial charge >= 0.3 is 18.0 Å². The molecule has 0 spiro atoms. The summed E-state index contributed by atoms with van der Waals surface area (Å²) >= 11 is 0. The van der Waals surface area contributed by atoms with Crippen molar-refractivity contribution in [2.24, 2.45) is 17.8 Å². The molecule has 7 nitrogen and oxygen atoms in total. The third-order valence-electron chi connectivity index (χ3n) is 5.05. The van der Waals surface area contributed by atoms with Gasteiger partial charge < -0.3 is 14.6 Å². The fourth-order valence-electron chi connectivity index (χ4n) is 3.65. The van der Waals surface area contributed by atoms with Gasteiger partial charge in [0.25, 0.3) is 6.29 Å². The van der Waals surface area contributed by atoms with Crippen LogP contribution in [0.15, 0.2) is 0 Å². The molecule has 0 radical (unpaired) electrons. The molecule has 1 amide bonds. The normalized spacial score (nSPS) is 27.1. The van der Waals surface area contributed by atoms with Crippen LogP contribution in [0, 0.1) is 17.8 Å². The van der Waals surface area contributed by atoms with E-state index >= 15 is 0 Å². The Balaban J connectivity index is 2.12. The van der Waals surface area contributed by atoms with Gasteiger partial charge in [0.15, 0.2) is 0 Å². The molecule has 2 aliphatic rings. The monoisotopic (exact) mass is 355 g/mol. The van der Waals surface area contributed by atoms with E-state index in [9.17, 15) is 19.5 Å². The zero-order valence-corrected chi connectivity index (χ0v) is 15.4. The lowest BCUT2D eigenvalue weighted by molar-refractivity contribution is -0.181. The molecule has 25 heavy (non-hydrogen) atoms. The van der Waals surface area contributed by atoms with E-state index in [0.29, 0.717) is 6.42 Å². The minimum Gasteiger partial charge on any atom is -0.480 e. The Morgan fingerprint density at radius 3 is 2.24 bits per heavy atom. The molecule has 4 atom stereocenters. The number of hydrogen-bond acceptors (Lipinski definition) is 5. The quantitative estimate of drug-likeness (QED) is 0.602. The molecule has 1 saturated heterocycles. The molecule has 1 heterocycles. The lowest BCUT2D eigenvalue weighted by Gasteiger charge is -2.33. The van der Waals surface area contributed by atoms with Crippen molar-refractivity contribution in [2.75, 3.05) is 0 Å². The number of hydrogen-bond donors (Lipinski definition) is 1. The smallest absolute Gasteiger partial charge is 0.413 e. The average molecular weight is 355 g/mol. The number of carbonyl (C=O) groups excluding carboxylic acids is 2. The molecule has 2 fully saturated rings. The highest BCUT2D eigenvalue weighted by Gasteiger charge is 2.49. The van der Waals surface area contributed by atoms with Crippen molar-refractivity contribution < 1.29 is 29.0 Å². The summed E-state index contributed by atoms with van der Waals surface area (Å²) in [6.07, 6.45) is 2.53. The first-order valence-electron chi connectivity index (χ1n) is 9.14. The molecule has 1 saturated carbocycles. The summed E-state index contributed by atoms with van der Waals surface area (Å²) in [6, 6.07) is -0.967. The molecule has 0 aromatic rings. The number of rotatable bonds is 5. The van der Waals surface area contributed by atoms with E-state index in [2.05, 4.69) is 0 Å². The van der Waals surface area contributed by atoms with Crippen molar-refractivity contribution in [1.29, 1.82) is 0 Å². The third-order valence-corrected chi connectivity index (χ3v) is 5.05. The summed E-state index contributed by atoms with van der Waals surface area (Å²) in [5.74, 6) is -1.80. The van der Waals surface area contributed by atoms with Crippen LogP contribution in [-0.2, 0) is 19.1 Å². The lowest BCUT2D eigenvalue weighted by atomic mass is 9.85. The van der Waals surface area contributed by atoms with Crippen LogP contribution in [-0.4, -0.2) is 46.4 Å². The van der Waals surface area contributed by atoms with Crippen LogP contribution in [0.5, 0.6) is 0 Å². The maximum absolute atomic E-state index is 12.7. The maximum Gasteiger partial charge on any atom is 0.413 e. The number of nitrogens with zero attached hydrogens (tertiary/aromatic N) is 1. The van der Waals surface area contributed by atoms with Crippen LogP contribution < -0.4 is 0 Å². The summed E-state index contributed by atoms with van der Waals surface area (Å²) in [5, 5.41) is 9.51. The zero-order valence-electron chi connectivity index (χ0n) is 15.4. The van der Waals surface area contributed by atoms with Crippen LogP contribution in [0.25, 0.3) is 0 Å². The highest BCUT2D eigenvalue weighted by molar-refractivity contribution is 5.81. The second kappa shape index (κ2) is 8.06. The average Bonchev–Trinajstić information content (AvgIpc) is 2.93. The highest BCUT2D eigenvalue weighted by Crippen LogP contribution is 2.40. The molecule has 1 aliphatic carbocycles. The predicted octanol–water partition coefficient (Wildman–Crippen LogP) is 3.02. The number of likely N-dealkylation sites (tertiary alicyclic amines) is 1. The minimum atomic E-state index is -1.01. The van der Waals surface area contributed by atoms with Crippen LogP contribution in [0.4, 0.5) is 4.79 Å². The van der Waals surface area contributed by atoms with Gasteiger partial charge in [0.2, 0.25) is 0 Å². The molecule has 0 aromatic heterocycles. The molecule has 1 N–H and O–H groups in total. The fourth-order valence-corrected chi connectivity index (χ4v) is 3.65. The molecule has 0 bridgehead atoms. The number of fused-ring (bicyclic) bond motifs is 1. The maximum atomic E-state index is 12.7. The van der Waals surface area contributed by atoms with E-state index in [0.717, 1.165) is 25.7 Å². The Labute approximate surface area is 148 Å². The first kappa shape index (κ1) is 19.5. The van der Waals surface area contributed by atoms with E-state index in [1.54, 1.807) is 27.7 Å². The third kappa shape index (κ3) is 4.44. The van der Waals surface area contributed by atoms with Crippen LogP contribution >= 0.6 is 0 Å². The van der Waals surface area contributed by atoms with Crippen LogP contribution in [0.1, 0.15) is 59.8 Å². The number of carboxylic acid groups (broad SMARTS) is 1. The molecular weight excluding hydrogens is 326 g/mol. The van der Waals surface area contributed by atoms with Gasteiger partial charge in [-0.05, 0) is 25.2 Å². The van der Waals surface area contributed by atoms with Gasteiger partial charge in [-0.15, -0.1) is 0 Å². The Morgan fingerprint density at radius 2 is 1.68 bits per heavy atom. The Morgan fingerprint density at radius 1 is 1.04 bits per heavy atom. The standard InChI is InChI=1S/C18H29NO6/c1-10(2)16(22)24-17(11(3)4)25-18(23)19-13-8-6-5-7-12(13)9-14(19)15(20)21/h10-14,17H,5-9H2,1-4H3,(H,20,21)/t12-,13-,14-,17+/m0/s1. The SMILES string of the molecule is CC(C)C(=O)O[C@H](OC(=O)N1[C@H](C(=O)O)C[C@@H]2CCCC[C@@H]21)C(C)C. The van der Waals surface area contributed by atoms with E-state index in [4.69, 9.17) is 9.47 Å². The van der Waals surface area contributed by atoms with Gasteiger partial charge in [-0.2, -0.15) is 0 Å². The summed E-state index contributed by atoms with van der Waals surface area (Å²) in [5.41, 5.74) is 0. The predicted molar refractivity (Wildman–Crippen MR) is 89.7 cm³/mol. The van der Waals surface area contributed by atoms with Crippen molar-refractivity contribution in [3.05, 3.63) is 0 Å². The molecular formula is C18H29NO6. The van der Waals surface area contributed by atoms with Gasteiger partial charge in [0.1, 0.15) is 6.04 Å².